The first-order valence-corrected chi connectivity index (χ1v) is 6.92. The SMILES string of the molecule is O=C(Cl)C1CCCN(C(=O)Cc2cccs2)C1. The van der Waals surface area contributed by atoms with Crippen molar-refractivity contribution in [2.24, 2.45) is 5.92 Å². The molecule has 1 fully saturated rings. The molecule has 0 N–H and O–H groups in total. The minimum Gasteiger partial charge on any atom is -0.342 e. The van der Waals surface area contributed by atoms with Gasteiger partial charge in [0.2, 0.25) is 11.1 Å². The molecule has 1 unspecified atom stereocenters. The zero-order valence-electron chi connectivity index (χ0n) is 9.39. The summed E-state index contributed by atoms with van der Waals surface area (Å²) in [6.45, 7) is 1.22. The molecule has 0 aliphatic carbocycles. The number of piperidine rings is 1. The van der Waals surface area contributed by atoms with Crippen molar-refractivity contribution in [2.75, 3.05) is 13.1 Å². The van der Waals surface area contributed by atoms with Crippen LogP contribution in [0.3, 0.4) is 0 Å². The van der Waals surface area contributed by atoms with Crippen molar-refractivity contribution in [1.82, 2.24) is 4.90 Å². The molecule has 1 aliphatic rings. The number of thiophene rings is 1. The summed E-state index contributed by atoms with van der Waals surface area (Å²) in [6, 6.07) is 3.89. The minimum absolute atomic E-state index is 0.0927. The summed E-state index contributed by atoms with van der Waals surface area (Å²) in [5.74, 6) is -0.0900. The van der Waals surface area contributed by atoms with E-state index in [-0.39, 0.29) is 17.1 Å². The van der Waals surface area contributed by atoms with E-state index in [1.807, 2.05) is 17.5 Å². The van der Waals surface area contributed by atoms with Crippen molar-refractivity contribution >= 4 is 34.1 Å². The summed E-state index contributed by atoms with van der Waals surface area (Å²) in [4.78, 5) is 25.9. The van der Waals surface area contributed by atoms with Crippen LogP contribution < -0.4 is 0 Å². The molecule has 1 atom stereocenters. The van der Waals surface area contributed by atoms with Crippen LogP contribution in [0.1, 0.15) is 17.7 Å². The van der Waals surface area contributed by atoms with Gasteiger partial charge in [0.1, 0.15) is 0 Å². The standard InChI is InChI=1S/C12H14ClNO2S/c13-12(16)9-3-1-5-14(8-9)11(15)7-10-4-2-6-17-10/h2,4,6,9H,1,3,5,7-8H2. The highest BCUT2D eigenvalue weighted by Crippen LogP contribution is 2.20. The summed E-state index contributed by atoms with van der Waals surface area (Å²) in [5.41, 5.74) is 0. The highest BCUT2D eigenvalue weighted by Gasteiger charge is 2.27. The zero-order valence-corrected chi connectivity index (χ0v) is 11.0. The molecule has 0 radical (unpaired) electrons. The largest absolute Gasteiger partial charge is 0.342 e. The Morgan fingerprint density at radius 2 is 2.35 bits per heavy atom. The van der Waals surface area contributed by atoms with Gasteiger partial charge in [-0.15, -0.1) is 11.3 Å². The average molecular weight is 272 g/mol. The van der Waals surface area contributed by atoms with Crippen molar-refractivity contribution in [3.8, 4) is 0 Å². The zero-order chi connectivity index (χ0) is 12.3. The second-order valence-electron chi connectivity index (χ2n) is 4.24. The van der Waals surface area contributed by atoms with Crippen molar-refractivity contribution in [2.45, 2.75) is 19.3 Å². The number of amides is 1. The van der Waals surface area contributed by atoms with Gasteiger partial charge in [-0.1, -0.05) is 6.07 Å². The van der Waals surface area contributed by atoms with Crippen LogP contribution in [0.25, 0.3) is 0 Å². The molecule has 1 aliphatic heterocycles. The van der Waals surface area contributed by atoms with E-state index >= 15 is 0 Å². The molecule has 5 heteroatoms. The van der Waals surface area contributed by atoms with Crippen LogP contribution in [0.2, 0.25) is 0 Å². The Balaban J connectivity index is 1.93. The third-order valence-corrected chi connectivity index (χ3v) is 4.19. The summed E-state index contributed by atoms with van der Waals surface area (Å²) in [7, 11) is 0. The Kier molecular flexibility index (Phi) is 4.18. The number of rotatable bonds is 3. The lowest BCUT2D eigenvalue weighted by Gasteiger charge is -2.30. The number of carbonyl (C=O) groups is 2. The average Bonchev–Trinajstić information content (AvgIpc) is 2.82. The van der Waals surface area contributed by atoms with Gasteiger partial charge in [-0.05, 0) is 35.9 Å². The van der Waals surface area contributed by atoms with Crippen LogP contribution in [0.15, 0.2) is 17.5 Å². The van der Waals surface area contributed by atoms with E-state index < -0.39 is 0 Å². The molecule has 1 saturated heterocycles. The molecular formula is C12H14ClNO2S. The van der Waals surface area contributed by atoms with E-state index in [4.69, 9.17) is 11.6 Å². The maximum Gasteiger partial charge on any atom is 0.227 e. The molecule has 0 aromatic carbocycles. The molecule has 1 amide bonds. The summed E-state index contributed by atoms with van der Waals surface area (Å²) in [5, 5.41) is 1.64. The lowest BCUT2D eigenvalue weighted by Crippen LogP contribution is -2.42. The molecule has 1 aromatic heterocycles. The molecule has 17 heavy (non-hydrogen) atoms. The van der Waals surface area contributed by atoms with Crippen LogP contribution in [0.4, 0.5) is 0 Å². The molecule has 0 saturated carbocycles. The van der Waals surface area contributed by atoms with Crippen LogP contribution in [-0.2, 0) is 16.0 Å². The summed E-state index contributed by atoms with van der Waals surface area (Å²) in [6.07, 6.45) is 2.09. The minimum atomic E-state index is -0.321. The van der Waals surface area contributed by atoms with Gasteiger partial charge >= 0.3 is 0 Å². The predicted molar refractivity (Wildman–Crippen MR) is 68.2 cm³/mol. The lowest BCUT2D eigenvalue weighted by molar-refractivity contribution is -0.133. The Labute approximate surface area is 109 Å². The van der Waals surface area contributed by atoms with Gasteiger partial charge in [0.05, 0.1) is 12.3 Å². The van der Waals surface area contributed by atoms with Gasteiger partial charge in [0, 0.05) is 18.0 Å². The van der Waals surface area contributed by atoms with Crippen LogP contribution in [0, 0.1) is 5.92 Å². The maximum absolute atomic E-state index is 12.0. The first-order chi connectivity index (χ1) is 8.16. The normalized spacial score (nSPS) is 20.3. The van der Waals surface area contributed by atoms with E-state index in [0.717, 1.165) is 24.3 Å². The van der Waals surface area contributed by atoms with Crippen molar-refractivity contribution in [1.29, 1.82) is 0 Å². The van der Waals surface area contributed by atoms with Gasteiger partial charge in [-0.3, -0.25) is 9.59 Å². The third kappa shape index (κ3) is 3.30. The molecule has 3 nitrogen and oxygen atoms in total. The first-order valence-electron chi connectivity index (χ1n) is 5.66. The Morgan fingerprint density at radius 1 is 1.53 bits per heavy atom. The van der Waals surface area contributed by atoms with Crippen molar-refractivity contribution in [3.63, 3.8) is 0 Å². The van der Waals surface area contributed by atoms with E-state index in [1.54, 1.807) is 16.2 Å². The molecule has 0 spiro atoms. The number of nitrogens with zero attached hydrogens (tertiary/aromatic N) is 1. The Hall–Kier alpha value is -0.870. The molecular weight excluding hydrogens is 258 g/mol. The van der Waals surface area contributed by atoms with Crippen molar-refractivity contribution < 1.29 is 9.59 Å². The molecule has 1 aromatic rings. The summed E-state index contributed by atoms with van der Waals surface area (Å²) < 4.78 is 0. The van der Waals surface area contributed by atoms with Gasteiger partial charge in [-0.2, -0.15) is 0 Å². The quantitative estimate of drug-likeness (QED) is 0.791. The fraction of sp³-hybridized carbons (Fsp3) is 0.500. The number of halogens is 1. The van der Waals surface area contributed by atoms with E-state index in [9.17, 15) is 9.59 Å². The number of carbonyl (C=O) groups excluding carboxylic acids is 2. The number of hydrogen-bond donors (Lipinski definition) is 0. The highest BCUT2D eigenvalue weighted by atomic mass is 35.5. The fourth-order valence-electron chi connectivity index (χ4n) is 2.06. The second kappa shape index (κ2) is 5.65. The van der Waals surface area contributed by atoms with Gasteiger partial charge < -0.3 is 4.90 Å². The smallest absolute Gasteiger partial charge is 0.227 e. The molecule has 2 rings (SSSR count). The van der Waals surface area contributed by atoms with E-state index in [0.29, 0.717) is 13.0 Å². The van der Waals surface area contributed by atoms with Gasteiger partial charge in [0.25, 0.3) is 0 Å². The highest BCUT2D eigenvalue weighted by molar-refractivity contribution is 7.10. The maximum atomic E-state index is 12.0. The van der Waals surface area contributed by atoms with Crippen LogP contribution in [0.5, 0.6) is 0 Å². The molecule has 2 heterocycles. The number of likely N-dealkylation sites (tertiary alicyclic amines) is 1. The topological polar surface area (TPSA) is 37.4 Å². The predicted octanol–water partition coefficient (Wildman–Crippen LogP) is 2.29. The van der Waals surface area contributed by atoms with E-state index in [2.05, 4.69) is 0 Å². The third-order valence-electron chi connectivity index (χ3n) is 3.00. The molecule has 0 bridgehead atoms. The monoisotopic (exact) mass is 271 g/mol. The lowest BCUT2D eigenvalue weighted by atomic mass is 9.99. The second-order valence-corrected chi connectivity index (χ2v) is 5.64. The number of hydrogen-bond acceptors (Lipinski definition) is 3. The first kappa shape index (κ1) is 12.6. The summed E-state index contributed by atoms with van der Waals surface area (Å²) >= 11 is 7.08. The Morgan fingerprint density at radius 3 is 3.00 bits per heavy atom. The Bertz CT molecular complexity index is 405. The van der Waals surface area contributed by atoms with Gasteiger partial charge in [0.15, 0.2) is 0 Å². The molecule has 92 valence electrons. The fourth-order valence-corrected chi connectivity index (χ4v) is 2.94. The van der Waals surface area contributed by atoms with Gasteiger partial charge in [-0.25, -0.2) is 0 Å². The van der Waals surface area contributed by atoms with E-state index in [1.165, 1.54) is 0 Å². The van der Waals surface area contributed by atoms with Crippen LogP contribution in [-0.4, -0.2) is 29.1 Å². The van der Waals surface area contributed by atoms with Crippen molar-refractivity contribution in [3.05, 3.63) is 22.4 Å². The van der Waals surface area contributed by atoms with Crippen LogP contribution >= 0.6 is 22.9 Å².